The van der Waals surface area contributed by atoms with E-state index in [1.54, 1.807) is 13.8 Å². The van der Waals surface area contributed by atoms with Gasteiger partial charge in [0.15, 0.2) is 6.10 Å². The van der Waals surface area contributed by atoms with Crippen molar-refractivity contribution < 1.29 is 37.8 Å². The number of carboxylic acids is 1. The second kappa shape index (κ2) is 10.9. The predicted molar refractivity (Wildman–Crippen MR) is 111 cm³/mol. The molecule has 1 aromatic carbocycles. The number of benzene rings is 1. The minimum absolute atomic E-state index is 0.0227. The van der Waals surface area contributed by atoms with Crippen LogP contribution >= 0.6 is 7.75 Å². The Morgan fingerprint density at radius 2 is 1.97 bits per heavy atom. The van der Waals surface area contributed by atoms with E-state index in [-0.39, 0.29) is 26.0 Å². The third kappa shape index (κ3) is 7.43. The van der Waals surface area contributed by atoms with Gasteiger partial charge in [0.25, 0.3) is 0 Å². The number of rotatable bonds is 10. The van der Waals surface area contributed by atoms with Gasteiger partial charge in [0.05, 0.1) is 20.1 Å². The van der Waals surface area contributed by atoms with Crippen LogP contribution in [0.3, 0.4) is 0 Å². The van der Waals surface area contributed by atoms with Crippen molar-refractivity contribution in [3.8, 4) is 0 Å². The molecule has 0 spiro atoms. The summed E-state index contributed by atoms with van der Waals surface area (Å²) in [7, 11) is -2.83. The molecule has 11 heteroatoms. The van der Waals surface area contributed by atoms with E-state index in [4.69, 9.17) is 9.05 Å². The number of aliphatic carboxylic acids is 1. The van der Waals surface area contributed by atoms with Gasteiger partial charge in [-0.3, -0.25) is 23.4 Å². The van der Waals surface area contributed by atoms with Gasteiger partial charge in [-0.2, -0.15) is 0 Å². The number of amides is 1. The average molecular weight is 456 g/mol. The Hall–Kier alpha value is -2.26. The zero-order chi connectivity index (χ0) is 23.1. The Labute approximate surface area is 181 Å². The summed E-state index contributed by atoms with van der Waals surface area (Å²) >= 11 is 0. The number of ether oxygens (including phenoxy) is 1. The monoisotopic (exact) mass is 456 g/mol. The lowest BCUT2D eigenvalue weighted by molar-refractivity contribution is -0.141. The highest BCUT2D eigenvalue weighted by Crippen LogP contribution is 2.53. The molecule has 1 amide bonds. The minimum Gasteiger partial charge on any atom is -0.480 e. The summed E-state index contributed by atoms with van der Waals surface area (Å²) in [5, 5.41) is 14.6. The van der Waals surface area contributed by atoms with Crippen molar-refractivity contribution in [1.82, 2.24) is 10.4 Å². The molecule has 1 aliphatic heterocycles. The summed E-state index contributed by atoms with van der Waals surface area (Å²) in [6.45, 7) is 3.34. The zero-order valence-electron chi connectivity index (χ0n) is 17.8. The number of carboxylic acid groups (broad SMARTS) is 1. The number of esters is 1. The molecule has 0 aliphatic carbocycles. The van der Waals surface area contributed by atoms with Crippen molar-refractivity contribution in [3.63, 3.8) is 0 Å². The normalized spacial score (nSPS) is 23.5. The molecule has 31 heavy (non-hydrogen) atoms. The van der Waals surface area contributed by atoms with E-state index in [2.05, 4.69) is 15.1 Å². The highest BCUT2D eigenvalue weighted by atomic mass is 31.2. The molecule has 172 valence electrons. The van der Waals surface area contributed by atoms with Gasteiger partial charge in [-0.15, -0.1) is 0 Å². The number of carbonyl (C=O) groups excluding carboxylic acids is 2. The predicted octanol–water partition coefficient (Wildman–Crippen LogP) is 1.89. The summed E-state index contributed by atoms with van der Waals surface area (Å²) in [5.41, 5.74) is 0.108. The third-order valence-corrected chi connectivity index (χ3v) is 6.42. The molecular weight excluding hydrogens is 427 g/mol. The fourth-order valence-electron chi connectivity index (χ4n) is 2.98. The van der Waals surface area contributed by atoms with E-state index in [1.165, 1.54) is 7.11 Å². The van der Waals surface area contributed by atoms with Gasteiger partial charge in [0.2, 0.25) is 5.91 Å². The molecular formula is C20H29N2O8P. The summed E-state index contributed by atoms with van der Waals surface area (Å²) in [6.07, 6.45) is -0.605. The number of hydrogen-bond acceptors (Lipinski definition) is 7. The molecule has 1 heterocycles. The summed E-state index contributed by atoms with van der Waals surface area (Å²) in [5.74, 6) is -2.26. The summed E-state index contributed by atoms with van der Waals surface area (Å²) in [4.78, 5) is 35.5. The van der Waals surface area contributed by atoms with E-state index >= 15 is 0 Å². The standard InChI is InChI=1S/C20H29N2O8P/c1-20(2)13-29-31(27,30-17(20)18(24)21-12-11-16(23)28-3)22-15(19(25)26)10-9-14-7-5-4-6-8-14/h4-8,15,17H,9-13H2,1-3H3,(H,21,24)(H,22,27)(H,25,26)/t15-,17-,31?/m0/s1. The Bertz CT molecular complexity index is 830. The highest BCUT2D eigenvalue weighted by Gasteiger charge is 2.49. The van der Waals surface area contributed by atoms with Crippen LogP contribution in [0, 0.1) is 5.41 Å². The fourth-order valence-corrected chi connectivity index (χ4v) is 4.96. The van der Waals surface area contributed by atoms with Crippen LogP contribution in [0.25, 0.3) is 0 Å². The molecule has 0 radical (unpaired) electrons. The first-order chi connectivity index (χ1) is 14.6. The first-order valence-electron chi connectivity index (χ1n) is 9.88. The van der Waals surface area contributed by atoms with Crippen molar-refractivity contribution in [2.45, 2.75) is 45.3 Å². The smallest absolute Gasteiger partial charge is 0.407 e. The number of methoxy groups -OCH3 is 1. The van der Waals surface area contributed by atoms with E-state index in [0.717, 1.165) is 5.56 Å². The quantitative estimate of drug-likeness (QED) is 0.356. The van der Waals surface area contributed by atoms with Crippen LogP contribution in [-0.4, -0.2) is 55.4 Å². The maximum absolute atomic E-state index is 13.1. The molecule has 3 N–H and O–H groups in total. The lowest BCUT2D eigenvalue weighted by Gasteiger charge is -2.40. The van der Waals surface area contributed by atoms with E-state index in [0.29, 0.717) is 6.42 Å². The largest absolute Gasteiger partial charge is 0.480 e. The van der Waals surface area contributed by atoms with Crippen LogP contribution < -0.4 is 10.4 Å². The molecule has 1 saturated heterocycles. The van der Waals surface area contributed by atoms with Gasteiger partial charge in [0.1, 0.15) is 6.04 Å². The van der Waals surface area contributed by atoms with Crippen LogP contribution in [0.15, 0.2) is 30.3 Å². The van der Waals surface area contributed by atoms with Crippen LogP contribution in [0.2, 0.25) is 0 Å². The van der Waals surface area contributed by atoms with Crippen LogP contribution in [0.1, 0.15) is 32.3 Å². The van der Waals surface area contributed by atoms with E-state index in [1.807, 2.05) is 30.3 Å². The Balaban J connectivity index is 2.03. The molecule has 0 bridgehead atoms. The zero-order valence-corrected chi connectivity index (χ0v) is 18.7. The van der Waals surface area contributed by atoms with E-state index in [9.17, 15) is 24.1 Å². The Morgan fingerprint density at radius 3 is 2.58 bits per heavy atom. The molecule has 1 aliphatic rings. The number of nitrogens with one attached hydrogen (secondary N) is 2. The molecule has 1 unspecified atom stereocenters. The molecule has 1 aromatic rings. The van der Waals surface area contributed by atoms with Crippen molar-refractivity contribution >= 4 is 25.6 Å². The second-order valence-electron chi connectivity index (χ2n) is 7.91. The minimum atomic E-state index is -4.07. The summed E-state index contributed by atoms with van der Waals surface area (Å²) < 4.78 is 28.5. The van der Waals surface area contributed by atoms with Crippen LogP contribution in [0.4, 0.5) is 0 Å². The second-order valence-corrected chi connectivity index (χ2v) is 9.63. The van der Waals surface area contributed by atoms with Gasteiger partial charge in [-0.1, -0.05) is 44.2 Å². The van der Waals surface area contributed by atoms with Crippen molar-refractivity contribution in [3.05, 3.63) is 35.9 Å². The van der Waals surface area contributed by atoms with Gasteiger partial charge < -0.3 is 15.2 Å². The van der Waals surface area contributed by atoms with Crippen LogP contribution in [-0.2, 0) is 39.2 Å². The van der Waals surface area contributed by atoms with Gasteiger partial charge >= 0.3 is 19.7 Å². The van der Waals surface area contributed by atoms with Crippen molar-refractivity contribution in [2.24, 2.45) is 5.41 Å². The Morgan fingerprint density at radius 1 is 1.29 bits per heavy atom. The number of aryl methyl sites for hydroxylation is 1. The van der Waals surface area contributed by atoms with Crippen molar-refractivity contribution in [2.75, 3.05) is 20.3 Å². The third-order valence-electron chi connectivity index (χ3n) is 4.83. The van der Waals surface area contributed by atoms with Crippen molar-refractivity contribution in [1.29, 1.82) is 0 Å². The topological polar surface area (TPSA) is 140 Å². The lowest BCUT2D eigenvalue weighted by atomic mass is 9.87. The average Bonchev–Trinajstić information content (AvgIpc) is 2.73. The van der Waals surface area contributed by atoms with Crippen LogP contribution in [0.5, 0.6) is 0 Å². The maximum atomic E-state index is 13.1. The van der Waals surface area contributed by atoms with E-state index < -0.39 is 43.2 Å². The van der Waals surface area contributed by atoms with Gasteiger partial charge in [-0.25, -0.2) is 9.65 Å². The highest BCUT2D eigenvalue weighted by molar-refractivity contribution is 7.51. The SMILES string of the molecule is COC(=O)CCNC(=O)[C@@H]1OP(=O)(N[C@@H](CCc2ccccc2)C(=O)O)OCC1(C)C. The summed E-state index contributed by atoms with van der Waals surface area (Å²) in [6, 6.07) is 8.09. The fraction of sp³-hybridized carbons (Fsp3) is 0.550. The molecule has 3 atom stereocenters. The maximum Gasteiger partial charge on any atom is 0.407 e. The van der Waals surface area contributed by atoms with Gasteiger partial charge in [0, 0.05) is 12.0 Å². The molecule has 2 rings (SSSR count). The lowest BCUT2D eigenvalue weighted by Crippen LogP contribution is -2.51. The first kappa shape index (κ1) is 25.0. The molecule has 1 fully saturated rings. The number of carbonyl (C=O) groups is 3. The molecule has 0 saturated carbocycles. The molecule has 0 aromatic heterocycles. The Kier molecular flexibility index (Phi) is 8.76. The van der Waals surface area contributed by atoms with Gasteiger partial charge in [-0.05, 0) is 18.4 Å². The molecule has 10 nitrogen and oxygen atoms in total. The first-order valence-corrected chi connectivity index (χ1v) is 11.4. The number of hydrogen-bond donors (Lipinski definition) is 3.